The molecule has 0 aliphatic heterocycles. The zero-order chi connectivity index (χ0) is 15.4. The molecule has 0 aromatic heterocycles. The molecule has 21 heavy (non-hydrogen) atoms. The van der Waals surface area contributed by atoms with Gasteiger partial charge >= 0.3 is 0 Å². The van der Waals surface area contributed by atoms with Crippen LogP contribution in [0.1, 0.15) is 0 Å². The lowest BCUT2D eigenvalue weighted by Crippen LogP contribution is -2.20. The van der Waals surface area contributed by atoms with Crippen LogP contribution in [-0.2, 0) is 4.79 Å². The highest BCUT2D eigenvalue weighted by molar-refractivity contribution is 9.10. The number of halogens is 4. The van der Waals surface area contributed by atoms with E-state index in [0.29, 0.717) is 26.5 Å². The van der Waals surface area contributed by atoms with Crippen LogP contribution in [0.2, 0.25) is 15.1 Å². The Morgan fingerprint density at radius 3 is 2.38 bits per heavy atom. The third-order valence-electron chi connectivity index (χ3n) is 2.48. The summed E-state index contributed by atoms with van der Waals surface area (Å²) in [6, 6.07) is 10.1. The van der Waals surface area contributed by atoms with E-state index in [1.54, 1.807) is 36.4 Å². The highest BCUT2D eigenvalue weighted by Gasteiger charge is 2.11. The molecule has 2 aromatic rings. The van der Waals surface area contributed by atoms with Gasteiger partial charge in [-0.3, -0.25) is 4.79 Å². The van der Waals surface area contributed by atoms with Crippen molar-refractivity contribution in [3.05, 3.63) is 55.9 Å². The Balaban J connectivity index is 1.99. The normalized spacial score (nSPS) is 10.3. The fraction of sp³-hybridized carbons (Fsp3) is 0.0714. The van der Waals surface area contributed by atoms with Crippen LogP contribution in [0.15, 0.2) is 40.9 Å². The molecule has 0 unspecified atom stereocenters. The van der Waals surface area contributed by atoms with E-state index in [4.69, 9.17) is 39.5 Å². The number of amides is 1. The van der Waals surface area contributed by atoms with E-state index in [-0.39, 0.29) is 12.5 Å². The second-order valence-electron chi connectivity index (χ2n) is 4.01. The van der Waals surface area contributed by atoms with Gasteiger partial charge in [-0.25, -0.2) is 0 Å². The zero-order valence-electron chi connectivity index (χ0n) is 10.5. The molecule has 7 heteroatoms. The fourth-order valence-corrected chi connectivity index (χ4v) is 2.75. The van der Waals surface area contributed by atoms with Gasteiger partial charge in [-0.1, -0.05) is 56.8 Å². The molecule has 0 saturated carbocycles. The molecule has 2 aromatic carbocycles. The molecule has 3 nitrogen and oxygen atoms in total. The van der Waals surface area contributed by atoms with Gasteiger partial charge in [0, 0.05) is 4.47 Å². The average molecular weight is 409 g/mol. The van der Waals surface area contributed by atoms with E-state index >= 15 is 0 Å². The standard InChI is InChI=1S/C14H9BrCl3NO2/c15-8-4-5-12(11(18)6-8)21-7-13(20)19-14-9(16)2-1-3-10(14)17/h1-6H,7H2,(H,19,20). The van der Waals surface area contributed by atoms with Crippen molar-refractivity contribution in [3.8, 4) is 5.75 Å². The van der Waals surface area contributed by atoms with E-state index in [1.807, 2.05) is 0 Å². The van der Waals surface area contributed by atoms with Gasteiger partial charge in [-0.15, -0.1) is 0 Å². The number of anilines is 1. The van der Waals surface area contributed by atoms with E-state index in [2.05, 4.69) is 21.2 Å². The summed E-state index contributed by atoms with van der Waals surface area (Å²) >= 11 is 21.2. The van der Waals surface area contributed by atoms with Crippen molar-refractivity contribution in [2.24, 2.45) is 0 Å². The second-order valence-corrected chi connectivity index (χ2v) is 6.15. The van der Waals surface area contributed by atoms with E-state index in [1.165, 1.54) is 0 Å². The highest BCUT2D eigenvalue weighted by atomic mass is 79.9. The number of hydrogen-bond donors (Lipinski definition) is 1. The van der Waals surface area contributed by atoms with Crippen molar-refractivity contribution in [1.29, 1.82) is 0 Å². The van der Waals surface area contributed by atoms with E-state index in [9.17, 15) is 4.79 Å². The number of para-hydroxylation sites is 1. The Hall–Kier alpha value is -0.940. The lowest BCUT2D eigenvalue weighted by molar-refractivity contribution is -0.118. The molecule has 1 N–H and O–H groups in total. The first-order valence-corrected chi connectivity index (χ1v) is 7.72. The van der Waals surface area contributed by atoms with Crippen LogP contribution in [0.5, 0.6) is 5.75 Å². The molecule has 0 aliphatic carbocycles. The molecule has 0 radical (unpaired) electrons. The SMILES string of the molecule is O=C(COc1ccc(Br)cc1Cl)Nc1c(Cl)cccc1Cl. The van der Waals surface area contributed by atoms with Crippen molar-refractivity contribution in [2.45, 2.75) is 0 Å². The van der Waals surface area contributed by atoms with E-state index < -0.39 is 0 Å². The van der Waals surface area contributed by atoms with E-state index in [0.717, 1.165) is 4.47 Å². The van der Waals surface area contributed by atoms with Gasteiger partial charge in [0.05, 0.1) is 20.8 Å². The monoisotopic (exact) mass is 407 g/mol. The van der Waals surface area contributed by atoms with Gasteiger partial charge in [0.2, 0.25) is 0 Å². The van der Waals surface area contributed by atoms with Crippen molar-refractivity contribution in [2.75, 3.05) is 11.9 Å². The average Bonchev–Trinajstić information content (AvgIpc) is 2.42. The summed E-state index contributed by atoms with van der Waals surface area (Å²) < 4.78 is 6.18. The van der Waals surface area contributed by atoms with Crippen molar-refractivity contribution in [3.63, 3.8) is 0 Å². The maximum absolute atomic E-state index is 11.9. The molecule has 2 rings (SSSR count). The number of carbonyl (C=O) groups excluding carboxylic acids is 1. The molecule has 1 amide bonds. The summed E-state index contributed by atoms with van der Waals surface area (Å²) in [7, 11) is 0. The van der Waals surface area contributed by atoms with Crippen LogP contribution in [0.25, 0.3) is 0 Å². The maximum atomic E-state index is 11.9. The molecule has 110 valence electrons. The Bertz CT molecular complexity index is 659. The Morgan fingerprint density at radius 2 is 1.76 bits per heavy atom. The summed E-state index contributed by atoms with van der Waals surface area (Å²) in [6.45, 7) is -0.205. The summed E-state index contributed by atoms with van der Waals surface area (Å²) in [4.78, 5) is 11.9. The first-order chi connectivity index (χ1) is 9.97. The Morgan fingerprint density at radius 1 is 1.10 bits per heavy atom. The summed E-state index contributed by atoms with van der Waals surface area (Å²) in [6.07, 6.45) is 0. The van der Waals surface area contributed by atoms with Gasteiger partial charge in [0.1, 0.15) is 5.75 Å². The Labute approximate surface area is 145 Å². The maximum Gasteiger partial charge on any atom is 0.262 e. The smallest absolute Gasteiger partial charge is 0.262 e. The highest BCUT2D eigenvalue weighted by Crippen LogP contribution is 2.30. The van der Waals surface area contributed by atoms with Crippen LogP contribution in [0.3, 0.4) is 0 Å². The minimum atomic E-state index is -0.385. The van der Waals surface area contributed by atoms with Gasteiger partial charge in [-0.05, 0) is 30.3 Å². The molecule has 0 saturated heterocycles. The van der Waals surface area contributed by atoms with Gasteiger partial charge in [-0.2, -0.15) is 0 Å². The third kappa shape index (κ3) is 4.51. The van der Waals surface area contributed by atoms with Crippen LogP contribution >= 0.6 is 50.7 Å². The molecule has 0 spiro atoms. The number of benzene rings is 2. The zero-order valence-corrected chi connectivity index (χ0v) is 14.4. The predicted octanol–water partition coefficient (Wildman–Crippen LogP) is 5.43. The van der Waals surface area contributed by atoms with Crippen LogP contribution in [0.4, 0.5) is 5.69 Å². The number of nitrogens with one attached hydrogen (secondary N) is 1. The van der Waals surface area contributed by atoms with Gasteiger partial charge < -0.3 is 10.1 Å². The van der Waals surface area contributed by atoms with Crippen molar-refractivity contribution < 1.29 is 9.53 Å². The van der Waals surface area contributed by atoms with Crippen LogP contribution in [0, 0.1) is 0 Å². The largest absolute Gasteiger partial charge is 0.482 e. The Kier molecular flexibility index (Phi) is 5.76. The fourth-order valence-electron chi connectivity index (χ4n) is 1.53. The molecule has 0 fully saturated rings. The molecule has 0 heterocycles. The minimum Gasteiger partial charge on any atom is -0.482 e. The first-order valence-electron chi connectivity index (χ1n) is 5.79. The summed E-state index contributed by atoms with van der Waals surface area (Å²) in [5, 5.41) is 3.73. The second kappa shape index (κ2) is 7.36. The van der Waals surface area contributed by atoms with Crippen molar-refractivity contribution in [1.82, 2.24) is 0 Å². The molecular weight excluding hydrogens is 400 g/mol. The van der Waals surface area contributed by atoms with Crippen LogP contribution in [-0.4, -0.2) is 12.5 Å². The number of hydrogen-bond acceptors (Lipinski definition) is 2. The molecular formula is C14H9BrCl3NO2. The molecule has 0 aliphatic rings. The minimum absolute atomic E-state index is 0.205. The topological polar surface area (TPSA) is 38.3 Å². The lowest BCUT2D eigenvalue weighted by Gasteiger charge is -2.11. The lowest BCUT2D eigenvalue weighted by atomic mass is 10.3. The van der Waals surface area contributed by atoms with Gasteiger partial charge in [0.25, 0.3) is 5.91 Å². The quantitative estimate of drug-likeness (QED) is 0.732. The third-order valence-corrected chi connectivity index (χ3v) is 3.90. The van der Waals surface area contributed by atoms with Crippen LogP contribution < -0.4 is 10.1 Å². The predicted molar refractivity (Wildman–Crippen MR) is 89.7 cm³/mol. The number of carbonyl (C=O) groups is 1. The van der Waals surface area contributed by atoms with Gasteiger partial charge in [0.15, 0.2) is 6.61 Å². The number of rotatable bonds is 4. The van der Waals surface area contributed by atoms with Crippen molar-refractivity contribution >= 4 is 62.3 Å². The molecule has 0 bridgehead atoms. The first kappa shape index (κ1) is 16.4. The number of ether oxygens (including phenoxy) is 1. The molecule has 0 atom stereocenters. The summed E-state index contributed by atoms with van der Waals surface area (Å²) in [5.41, 5.74) is 0.358. The summed E-state index contributed by atoms with van der Waals surface area (Å²) in [5.74, 6) is 0.0317.